The van der Waals surface area contributed by atoms with Gasteiger partial charge in [0.05, 0.1) is 5.52 Å². The number of hydrogen-bond acceptors (Lipinski definition) is 3. The van der Waals surface area contributed by atoms with Crippen molar-refractivity contribution in [3.05, 3.63) is 88.7 Å². The van der Waals surface area contributed by atoms with Crippen LogP contribution in [0.4, 0.5) is 19.0 Å². The molecule has 0 fully saturated rings. The molecular weight excluding hydrogens is 407 g/mol. The Kier molecular flexibility index (Phi) is 5.62. The smallest absolute Gasteiger partial charge is 0.256 e. The Balaban J connectivity index is 1.52. The average molecular weight is 425 g/mol. The fourth-order valence-electron chi connectivity index (χ4n) is 3.09. The fraction of sp³-hybridized carbons (Fsp3) is 0.130. The molecule has 1 amide bonds. The molecule has 1 aromatic heterocycles. The lowest BCUT2D eigenvalue weighted by atomic mass is 10.1. The summed E-state index contributed by atoms with van der Waals surface area (Å²) in [5.74, 6) is -2.96. The van der Waals surface area contributed by atoms with Gasteiger partial charge in [-0.2, -0.15) is 5.10 Å². The number of carbonyl (C=O) groups excluding carboxylic acids is 1. The molecule has 0 aliphatic rings. The number of H-pyrrole nitrogens is 1. The molecule has 2 N–H and O–H groups in total. The van der Waals surface area contributed by atoms with E-state index in [9.17, 15) is 18.0 Å². The minimum Gasteiger partial charge on any atom is -0.489 e. The average Bonchev–Trinajstić information content (AvgIpc) is 3.17. The summed E-state index contributed by atoms with van der Waals surface area (Å²) in [6.45, 7) is 1.74. The third-order valence-corrected chi connectivity index (χ3v) is 4.87. The molecule has 5 nitrogen and oxygen atoms in total. The van der Waals surface area contributed by atoms with Gasteiger partial charge in [-0.1, -0.05) is 19.1 Å². The number of aromatic amines is 1. The molecule has 0 bridgehead atoms. The number of aromatic nitrogens is 2. The molecule has 0 radical (unpaired) electrons. The van der Waals surface area contributed by atoms with Gasteiger partial charge in [-0.3, -0.25) is 9.89 Å². The van der Waals surface area contributed by atoms with E-state index in [0.29, 0.717) is 34.1 Å². The van der Waals surface area contributed by atoms with Gasteiger partial charge in [0.25, 0.3) is 5.91 Å². The number of carbonyl (C=O) groups is 1. The number of nitrogens with zero attached hydrogens (tertiary/aromatic N) is 1. The molecule has 0 unspecified atom stereocenters. The zero-order valence-electron chi connectivity index (χ0n) is 16.5. The molecule has 4 rings (SSSR count). The van der Waals surface area contributed by atoms with Crippen molar-refractivity contribution in [3.63, 3.8) is 0 Å². The predicted molar refractivity (Wildman–Crippen MR) is 111 cm³/mol. The van der Waals surface area contributed by atoms with Crippen LogP contribution in [0.25, 0.3) is 10.9 Å². The standard InChI is InChI=1S/C23H18F3N3O2/c1-2-13-3-5-14(6-4-13)23(30)27-22-17-10-16(7-8-21(17)28-29-22)31-12-15-9-19(25)20(26)11-18(15)24/h3-11H,2,12H2,1H3,(H2,27,28,29,30). The number of anilines is 1. The Bertz CT molecular complexity index is 1250. The van der Waals surface area contributed by atoms with Crippen LogP contribution >= 0.6 is 0 Å². The molecular formula is C23H18F3N3O2. The number of nitrogens with one attached hydrogen (secondary N) is 2. The van der Waals surface area contributed by atoms with Crippen LogP contribution < -0.4 is 10.1 Å². The number of hydrogen-bond donors (Lipinski definition) is 2. The van der Waals surface area contributed by atoms with Gasteiger partial charge in [-0.05, 0) is 48.4 Å². The lowest BCUT2D eigenvalue weighted by molar-refractivity contribution is 0.102. The minimum absolute atomic E-state index is 0.116. The number of rotatable bonds is 6. The molecule has 0 aliphatic carbocycles. The van der Waals surface area contributed by atoms with Crippen LogP contribution in [0.2, 0.25) is 0 Å². The number of halogens is 3. The quantitative estimate of drug-likeness (QED) is 0.408. The van der Waals surface area contributed by atoms with Crippen LogP contribution in [0.15, 0.2) is 54.6 Å². The lowest BCUT2D eigenvalue weighted by Gasteiger charge is -2.08. The van der Waals surface area contributed by atoms with Crippen molar-refractivity contribution in [2.45, 2.75) is 20.0 Å². The highest BCUT2D eigenvalue weighted by molar-refractivity contribution is 6.08. The number of ether oxygens (including phenoxy) is 1. The van der Waals surface area contributed by atoms with E-state index < -0.39 is 17.5 Å². The predicted octanol–water partition coefficient (Wildman–Crippen LogP) is 5.37. The van der Waals surface area contributed by atoms with Crippen molar-refractivity contribution >= 4 is 22.6 Å². The minimum atomic E-state index is -1.26. The molecule has 4 aromatic rings. The maximum absolute atomic E-state index is 13.8. The van der Waals surface area contributed by atoms with E-state index in [0.717, 1.165) is 18.1 Å². The Morgan fingerprint density at radius 1 is 1.00 bits per heavy atom. The van der Waals surface area contributed by atoms with Gasteiger partial charge >= 0.3 is 0 Å². The van der Waals surface area contributed by atoms with Crippen LogP contribution in [-0.2, 0) is 13.0 Å². The molecule has 8 heteroatoms. The molecule has 0 saturated heterocycles. The van der Waals surface area contributed by atoms with Crippen LogP contribution in [0.3, 0.4) is 0 Å². The highest BCUT2D eigenvalue weighted by atomic mass is 19.2. The van der Waals surface area contributed by atoms with Gasteiger partial charge in [-0.25, -0.2) is 13.2 Å². The Morgan fingerprint density at radius 2 is 1.74 bits per heavy atom. The molecule has 0 saturated carbocycles. The van der Waals surface area contributed by atoms with Crippen molar-refractivity contribution < 1.29 is 22.7 Å². The van der Waals surface area contributed by atoms with E-state index in [1.165, 1.54) is 0 Å². The normalized spacial score (nSPS) is 11.0. The third-order valence-electron chi connectivity index (χ3n) is 4.87. The summed E-state index contributed by atoms with van der Waals surface area (Å²) in [6, 6.07) is 13.4. The lowest BCUT2D eigenvalue weighted by Crippen LogP contribution is -2.12. The molecule has 0 atom stereocenters. The Labute approximate surface area is 175 Å². The van der Waals surface area contributed by atoms with Crippen LogP contribution in [-0.4, -0.2) is 16.1 Å². The number of benzene rings is 3. The highest BCUT2D eigenvalue weighted by Gasteiger charge is 2.14. The second kappa shape index (κ2) is 8.51. The van der Waals surface area contributed by atoms with Crippen LogP contribution in [0.5, 0.6) is 5.75 Å². The van der Waals surface area contributed by atoms with E-state index in [4.69, 9.17) is 4.74 Å². The van der Waals surface area contributed by atoms with Crippen molar-refractivity contribution in [2.75, 3.05) is 5.32 Å². The first-order valence-electron chi connectivity index (χ1n) is 9.59. The van der Waals surface area contributed by atoms with Gasteiger partial charge in [0.15, 0.2) is 17.5 Å². The van der Waals surface area contributed by atoms with E-state index in [2.05, 4.69) is 15.5 Å². The highest BCUT2D eigenvalue weighted by Crippen LogP contribution is 2.27. The van der Waals surface area contributed by atoms with Crippen molar-refractivity contribution in [1.29, 1.82) is 0 Å². The molecule has 0 aliphatic heterocycles. The number of aryl methyl sites for hydroxylation is 1. The zero-order chi connectivity index (χ0) is 22.0. The maximum Gasteiger partial charge on any atom is 0.256 e. The third kappa shape index (κ3) is 4.37. The van der Waals surface area contributed by atoms with Gasteiger partial charge in [-0.15, -0.1) is 0 Å². The van der Waals surface area contributed by atoms with E-state index >= 15 is 0 Å². The zero-order valence-corrected chi connectivity index (χ0v) is 16.5. The topological polar surface area (TPSA) is 67.0 Å². The first kappa shape index (κ1) is 20.5. The van der Waals surface area contributed by atoms with Crippen molar-refractivity contribution in [1.82, 2.24) is 10.2 Å². The second-order valence-corrected chi connectivity index (χ2v) is 6.93. The van der Waals surface area contributed by atoms with Crippen molar-refractivity contribution in [3.8, 4) is 5.75 Å². The van der Waals surface area contributed by atoms with Crippen LogP contribution in [0, 0.1) is 17.5 Å². The van der Waals surface area contributed by atoms with E-state index in [-0.39, 0.29) is 18.1 Å². The monoisotopic (exact) mass is 425 g/mol. The van der Waals surface area contributed by atoms with Gasteiger partial charge in [0.1, 0.15) is 18.2 Å². The Hall–Kier alpha value is -3.81. The van der Waals surface area contributed by atoms with Gasteiger partial charge in [0, 0.05) is 22.6 Å². The summed E-state index contributed by atoms with van der Waals surface area (Å²) in [5.41, 5.74) is 2.16. The molecule has 31 heavy (non-hydrogen) atoms. The maximum atomic E-state index is 13.8. The first-order chi connectivity index (χ1) is 14.9. The van der Waals surface area contributed by atoms with Gasteiger partial charge < -0.3 is 10.1 Å². The molecule has 158 valence electrons. The van der Waals surface area contributed by atoms with E-state index in [1.54, 1.807) is 30.3 Å². The summed E-state index contributed by atoms with van der Waals surface area (Å²) in [5, 5.41) is 10.3. The summed E-state index contributed by atoms with van der Waals surface area (Å²) < 4.78 is 45.8. The van der Waals surface area contributed by atoms with Gasteiger partial charge in [0.2, 0.25) is 0 Å². The van der Waals surface area contributed by atoms with E-state index in [1.807, 2.05) is 19.1 Å². The second-order valence-electron chi connectivity index (χ2n) is 6.93. The molecule has 3 aromatic carbocycles. The SMILES string of the molecule is CCc1ccc(C(=O)Nc2n[nH]c3ccc(OCc4cc(F)c(F)cc4F)cc23)cc1. The summed E-state index contributed by atoms with van der Waals surface area (Å²) in [6.07, 6.45) is 0.878. The van der Waals surface area contributed by atoms with Crippen LogP contribution in [0.1, 0.15) is 28.4 Å². The Morgan fingerprint density at radius 3 is 2.48 bits per heavy atom. The summed E-state index contributed by atoms with van der Waals surface area (Å²) in [7, 11) is 0. The fourth-order valence-corrected chi connectivity index (χ4v) is 3.09. The van der Waals surface area contributed by atoms with Crippen molar-refractivity contribution in [2.24, 2.45) is 0 Å². The largest absolute Gasteiger partial charge is 0.489 e. The number of fused-ring (bicyclic) bond motifs is 1. The summed E-state index contributed by atoms with van der Waals surface area (Å²) >= 11 is 0. The first-order valence-corrected chi connectivity index (χ1v) is 9.59. The molecule has 1 heterocycles. The summed E-state index contributed by atoms with van der Waals surface area (Å²) in [4.78, 5) is 12.5. The number of amides is 1. The molecule has 0 spiro atoms.